The van der Waals surface area contributed by atoms with Gasteiger partial charge in [0.05, 0.1) is 0 Å². The van der Waals surface area contributed by atoms with E-state index in [0.29, 0.717) is 16.2 Å². The van der Waals surface area contributed by atoms with Crippen LogP contribution in [0.15, 0.2) is 41.3 Å². The molecule has 0 radical (unpaired) electrons. The minimum Gasteiger partial charge on any atom is -0.126 e. The van der Waals surface area contributed by atoms with Crippen LogP contribution in [0.3, 0.4) is 0 Å². The molecule has 0 N–H and O–H groups in total. The van der Waals surface area contributed by atoms with Crippen LogP contribution >= 0.6 is 11.8 Å². The molecule has 206 valence electrons. The highest BCUT2D eigenvalue weighted by atomic mass is 32.2. The SMILES string of the molecule is CC(C)CCC[C@@H](C)[C@H]1CC[C@H]2[C@@H]3CCC4C(C)(C)C(SCc5ccccc5)=CC[C@]4(C)[C@H]3CC[C@]12C. The minimum atomic E-state index is 0.307. The van der Waals surface area contributed by atoms with Crippen LogP contribution < -0.4 is 0 Å². The third-order valence-electron chi connectivity index (χ3n) is 12.5. The first-order chi connectivity index (χ1) is 17.6. The van der Waals surface area contributed by atoms with Gasteiger partial charge in [0.2, 0.25) is 0 Å². The van der Waals surface area contributed by atoms with E-state index in [4.69, 9.17) is 0 Å². The summed E-state index contributed by atoms with van der Waals surface area (Å²) in [5, 5.41) is 0. The normalized spacial score (nSPS) is 39.5. The Balaban J connectivity index is 1.30. The average Bonchev–Trinajstić information content (AvgIpc) is 3.21. The molecule has 0 aromatic heterocycles. The molecule has 0 aliphatic heterocycles. The minimum absolute atomic E-state index is 0.307. The fourth-order valence-corrected chi connectivity index (χ4v) is 11.9. The van der Waals surface area contributed by atoms with Crippen molar-refractivity contribution in [3.8, 4) is 0 Å². The maximum absolute atomic E-state index is 2.75. The highest BCUT2D eigenvalue weighted by Crippen LogP contribution is 2.70. The van der Waals surface area contributed by atoms with Gasteiger partial charge in [-0.1, -0.05) is 104 Å². The second-order valence-corrected chi connectivity index (χ2v) is 16.3. The third-order valence-corrected chi connectivity index (χ3v) is 14.0. The molecular weight excluding hydrogens is 464 g/mol. The summed E-state index contributed by atoms with van der Waals surface area (Å²) in [6.07, 6.45) is 17.3. The van der Waals surface area contributed by atoms with Crippen LogP contribution in [-0.2, 0) is 5.75 Å². The van der Waals surface area contributed by atoms with E-state index in [1.165, 1.54) is 69.8 Å². The molecule has 5 rings (SSSR count). The second kappa shape index (κ2) is 10.7. The van der Waals surface area contributed by atoms with Gasteiger partial charge in [-0.05, 0) is 113 Å². The van der Waals surface area contributed by atoms with E-state index >= 15 is 0 Å². The van der Waals surface area contributed by atoms with E-state index < -0.39 is 0 Å². The molecule has 0 spiro atoms. The van der Waals surface area contributed by atoms with Gasteiger partial charge in [-0.3, -0.25) is 0 Å². The van der Waals surface area contributed by atoms with Crippen LogP contribution in [0, 0.1) is 57.7 Å². The molecule has 1 heteroatoms. The molecule has 3 saturated carbocycles. The van der Waals surface area contributed by atoms with Crippen LogP contribution in [0.1, 0.15) is 118 Å². The summed E-state index contributed by atoms with van der Waals surface area (Å²) in [5.74, 6) is 7.60. The lowest BCUT2D eigenvalue weighted by Crippen LogP contribution is -2.56. The Morgan fingerprint density at radius 1 is 0.838 bits per heavy atom. The van der Waals surface area contributed by atoms with Crippen molar-refractivity contribution in [1.82, 2.24) is 0 Å². The lowest BCUT2D eigenvalue weighted by Gasteiger charge is -2.63. The van der Waals surface area contributed by atoms with Crippen molar-refractivity contribution < 1.29 is 0 Å². The number of rotatable bonds is 8. The molecule has 4 aliphatic carbocycles. The predicted octanol–water partition coefficient (Wildman–Crippen LogP) is 11.2. The topological polar surface area (TPSA) is 0 Å². The summed E-state index contributed by atoms with van der Waals surface area (Å²) in [7, 11) is 0. The smallest absolute Gasteiger partial charge is 0.0228 e. The lowest BCUT2D eigenvalue weighted by molar-refractivity contribution is -0.123. The quantitative estimate of drug-likeness (QED) is 0.328. The van der Waals surface area contributed by atoms with E-state index in [9.17, 15) is 0 Å². The van der Waals surface area contributed by atoms with Crippen LogP contribution in [0.4, 0.5) is 0 Å². The zero-order valence-electron chi connectivity index (χ0n) is 25.2. The molecule has 0 amide bonds. The Hall–Kier alpha value is -0.690. The molecular formula is C36H56S. The zero-order valence-corrected chi connectivity index (χ0v) is 26.0. The largest absolute Gasteiger partial charge is 0.126 e. The maximum atomic E-state index is 2.75. The summed E-state index contributed by atoms with van der Waals surface area (Å²) >= 11 is 2.13. The lowest BCUT2D eigenvalue weighted by atomic mass is 9.42. The van der Waals surface area contributed by atoms with Gasteiger partial charge in [-0.2, -0.15) is 0 Å². The molecule has 1 aromatic rings. The van der Waals surface area contributed by atoms with Gasteiger partial charge in [0, 0.05) is 5.75 Å². The average molecular weight is 521 g/mol. The monoisotopic (exact) mass is 520 g/mol. The molecule has 8 atom stereocenters. The Morgan fingerprint density at radius 2 is 1.57 bits per heavy atom. The van der Waals surface area contributed by atoms with E-state index in [2.05, 4.69) is 96.6 Å². The van der Waals surface area contributed by atoms with Crippen molar-refractivity contribution in [2.45, 2.75) is 118 Å². The zero-order chi connectivity index (χ0) is 26.4. The van der Waals surface area contributed by atoms with Crippen molar-refractivity contribution in [1.29, 1.82) is 0 Å². The Morgan fingerprint density at radius 3 is 2.30 bits per heavy atom. The van der Waals surface area contributed by atoms with Crippen LogP contribution in [-0.4, -0.2) is 0 Å². The molecule has 0 heterocycles. The summed E-state index contributed by atoms with van der Waals surface area (Å²) in [4.78, 5) is 1.68. The summed E-state index contributed by atoms with van der Waals surface area (Å²) in [6, 6.07) is 11.1. The fraction of sp³-hybridized carbons (Fsp3) is 0.778. The second-order valence-electron chi connectivity index (χ2n) is 15.3. The number of thioether (sulfide) groups is 1. The molecule has 37 heavy (non-hydrogen) atoms. The maximum Gasteiger partial charge on any atom is 0.0228 e. The molecule has 4 aliphatic rings. The van der Waals surface area contributed by atoms with Crippen LogP contribution in [0.5, 0.6) is 0 Å². The molecule has 1 aromatic carbocycles. The van der Waals surface area contributed by atoms with Crippen LogP contribution in [0.25, 0.3) is 0 Å². The van der Waals surface area contributed by atoms with Gasteiger partial charge in [-0.25, -0.2) is 0 Å². The molecule has 0 bridgehead atoms. The van der Waals surface area contributed by atoms with E-state index in [1.54, 1.807) is 4.91 Å². The van der Waals surface area contributed by atoms with Crippen molar-refractivity contribution in [2.75, 3.05) is 0 Å². The van der Waals surface area contributed by atoms with Gasteiger partial charge in [0.15, 0.2) is 0 Å². The summed E-state index contributed by atoms with van der Waals surface area (Å²) in [6.45, 7) is 18.1. The first kappa shape index (κ1) is 27.9. The van der Waals surface area contributed by atoms with Gasteiger partial charge < -0.3 is 0 Å². The van der Waals surface area contributed by atoms with E-state index in [-0.39, 0.29) is 0 Å². The Kier molecular flexibility index (Phi) is 8.06. The Bertz CT molecular complexity index is 943. The first-order valence-corrected chi connectivity index (χ1v) is 16.9. The van der Waals surface area contributed by atoms with Gasteiger partial charge in [-0.15, -0.1) is 11.8 Å². The van der Waals surface area contributed by atoms with Gasteiger partial charge in [0.25, 0.3) is 0 Å². The van der Waals surface area contributed by atoms with Gasteiger partial charge >= 0.3 is 0 Å². The van der Waals surface area contributed by atoms with Crippen LogP contribution in [0.2, 0.25) is 0 Å². The Labute approximate surface area is 234 Å². The predicted molar refractivity (Wildman–Crippen MR) is 163 cm³/mol. The number of hydrogen-bond donors (Lipinski definition) is 0. The van der Waals surface area contributed by atoms with Crippen molar-refractivity contribution in [3.05, 3.63) is 46.9 Å². The summed E-state index contributed by atoms with van der Waals surface area (Å²) < 4.78 is 0. The number of fused-ring (bicyclic) bond motifs is 5. The van der Waals surface area contributed by atoms with E-state index in [1.807, 2.05) is 0 Å². The first-order valence-electron chi connectivity index (χ1n) is 15.9. The third kappa shape index (κ3) is 5.02. The highest BCUT2D eigenvalue weighted by Gasteiger charge is 2.62. The highest BCUT2D eigenvalue weighted by molar-refractivity contribution is 8.02. The van der Waals surface area contributed by atoms with Crippen molar-refractivity contribution in [3.63, 3.8) is 0 Å². The molecule has 1 unspecified atom stereocenters. The van der Waals surface area contributed by atoms with Crippen molar-refractivity contribution >= 4 is 11.8 Å². The number of hydrogen-bond acceptors (Lipinski definition) is 1. The fourth-order valence-electron chi connectivity index (χ4n) is 10.7. The molecule has 0 saturated heterocycles. The molecule has 3 fully saturated rings. The molecule has 0 nitrogen and oxygen atoms in total. The number of allylic oxidation sites excluding steroid dienone is 2. The van der Waals surface area contributed by atoms with Gasteiger partial charge in [0.1, 0.15) is 0 Å². The number of benzene rings is 1. The van der Waals surface area contributed by atoms with E-state index in [0.717, 1.165) is 47.2 Å². The van der Waals surface area contributed by atoms with Crippen molar-refractivity contribution in [2.24, 2.45) is 57.7 Å². The summed E-state index contributed by atoms with van der Waals surface area (Å²) in [5.41, 5.74) is 2.87. The standard InChI is InChI=1S/C36H56S/c1-25(2)12-11-13-26(3)29-17-18-30-28-16-19-32-34(4,5)33(37-24-27-14-9-8-10-15-27)21-23-36(32,7)31(28)20-22-35(29,30)6/h8-10,14-15,21,25-26,28-32H,11-13,16-20,22-24H2,1-7H3/t26-,28+,29-,30+,31+,32?,35-,36-/m1/s1.